The number of benzene rings is 2. The second-order valence-electron chi connectivity index (χ2n) is 8.30. The van der Waals surface area contributed by atoms with Crippen LogP contribution in [0.15, 0.2) is 42.5 Å². The molecule has 0 aromatic heterocycles. The minimum atomic E-state index is -0.0205. The number of rotatable bonds is 3. The van der Waals surface area contributed by atoms with E-state index in [0.29, 0.717) is 12.0 Å². The van der Waals surface area contributed by atoms with Crippen molar-refractivity contribution in [1.82, 2.24) is 5.31 Å². The molecule has 1 saturated carbocycles. The summed E-state index contributed by atoms with van der Waals surface area (Å²) in [5, 5.41) is 1.95. The third-order valence-electron chi connectivity index (χ3n) is 6.59. The van der Waals surface area contributed by atoms with E-state index in [9.17, 15) is 1.41 Å². The molecule has 2 nitrogen and oxygen atoms in total. The molecule has 3 atom stereocenters. The number of hydrogen-bond acceptors (Lipinski definition) is 2. The topological polar surface area (TPSA) is 15.3 Å². The maximum absolute atomic E-state index is 9.21. The maximum atomic E-state index is 9.21. The fourth-order valence-corrected chi connectivity index (χ4v) is 5.21. The van der Waals surface area contributed by atoms with Crippen molar-refractivity contribution in [3.05, 3.63) is 64.7 Å². The normalized spacial score (nSPS) is 27.9. The minimum absolute atomic E-state index is 0.0205. The third-order valence-corrected chi connectivity index (χ3v) is 6.59. The summed E-state index contributed by atoms with van der Waals surface area (Å²) in [6.45, 7) is 8.92. The van der Waals surface area contributed by atoms with E-state index in [-0.39, 0.29) is 12.2 Å². The molecular weight excluding hydrogens is 316 g/mol. The van der Waals surface area contributed by atoms with Gasteiger partial charge in [0, 0.05) is 17.8 Å². The monoisotopic (exact) mass is 349 g/mol. The number of hydrogen-bond donors (Lipinski definition) is 1. The largest absolute Gasteiger partial charge is 0.347 e. The lowest BCUT2D eigenvalue weighted by Gasteiger charge is -2.33. The summed E-state index contributed by atoms with van der Waals surface area (Å²) in [6, 6.07) is 15.8. The van der Waals surface area contributed by atoms with Crippen LogP contribution in [-0.2, 0) is 0 Å². The molecule has 0 amide bonds. The Morgan fingerprint density at radius 2 is 1.54 bits per heavy atom. The fraction of sp³-hybridized carbons (Fsp3) is 0.500. The summed E-state index contributed by atoms with van der Waals surface area (Å²) in [5.74, 6) is 0.637. The van der Waals surface area contributed by atoms with Crippen LogP contribution >= 0.6 is 0 Å². The van der Waals surface area contributed by atoms with Crippen LogP contribution in [0.2, 0.25) is 1.41 Å². The molecule has 0 radical (unpaired) electrons. The van der Waals surface area contributed by atoms with Crippen molar-refractivity contribution in [2.24, 2.45) is 5.92 Å². The Bertz CT molecular complexity index is 792. The van der Waals surface area contributed by atoms with E-state index in [1.54, 1.807) is 0 Å². The number of aryl methyl sites for hydroxylation is 3. The van der Waals surface area contributed by atoms with Crippen LogP contribution in [0.5, 0.6) is 0 Å². The highest BCUT2D eigenvalue weighted by atomic mass is 15.4. The van der Waals surface area contributed by atoms with Crippen molar-refractivity contribution in [2.75, 3.05) is 4.90 Å². The SMILES string of the molecule is [2H]N1C(C2CCCC2)[C@H](C)N(c2ccccc2C)C1c1c(C)cccc1C. The summed E-state index contributed by atoms with van der Waals surface area (Å²) in [7, 11) is 0. The second-order valence-corrected chi connectivity index (χ2v) is 8.30. The van der Waals surface area contributed by atoms with E-state index in [2.05, 4.69) is 75.1 Å². The van der Waals surface area contributed by atoms with Crippen molar-refractivity contribution in [3.63, 3.8) is 0 Å². The van der Waals surface area contributed by atoms with Crippen molar-refractivity contribution >= 4 is 5.69 Å². The van der Waals surface area contributed by atoms with Gasteiger partial charge in [0.25, 0.3) is 0 Å². The molecule has 1 aliphatic carbocycles. The van der Waals surface area contributed by atoms with Gasteiger partial charge >= 0.3 is 0 Å². The molecule has 1 aliphatic heterocycles. The molecule has 2 aromatic carbocycles. The third kappa shape index (κ3) is 2.95. The van der Waals surface area contributed by atoms with Crippen molar-refractivity contribution in [3.8, 4) is 0 Å². The zero-order valence-corrected chi connectivity index (χ0v) is 16.6. The van der Waals surface area contributed by atoms with E-state index in [1.165, 1.54) is 53.6 Å². The molecule has 4 rings (SSSR count). The molecule has 2 fully saturated rings. The van der Waals surface area contributed by atoms with E-state index in [1.807, 2.05) is 5.31 Å². The standard InChI is InChI=1S/C24H32N2/c1-16-10-5-8-15-21(16)26-19(4)23(20-13-6-7-14-20)25-24(26)22-17(2)11-9-12-18(22)3/h5,8-12,15,19-20,23-25H,6-7,13-14H2,1-4H3/t19-,23?,24?/m0/s1/i/hD. The predicted octanol–water partition coefficient (Wildman–Crippen LogP) is 5.67. The highest BCUT2D eigenvalue weighted by Crippen LogP contribution is 2.42. The molecule has 1 saturated heterocycles. The summed E-state index contributed by atoms with van der Waals surface area (Å²) in [6.07, 6.45) is 5.16. The molecule has 1 N–H and O–H groups in total. The smallest absolute Gasteiger partial charge is 0.125 e. The van der Waals surface area contributed by atoms with Crippen LogP contribution in [-0.4, -0.2) is 12.1 Å². The van der Waals surface area contributed by atoms with E-state index < -0.39 is 0 Å². The summed E-state index contributed by atoms with van der Waals surface area (Å²) >= 11 is 0. The molecule has 26 heavy (non-hydrogen) atoms. The van der Waals surface area contributed by atoms with Crippen LogP contribution in [0.4, 0.5) is 5.69 Å². The van der Waals surface area contributed by atoms with Gasteiger partial charge in [-0.1, -0.05) is 49.2 Å². The molecular formula is C24H32N2. The Kier molecular flexibility index (Phi) is 4.46. The van der Waals surface area contributed by atoms with E-state index in [4.69, 9.17) is 0 Å². The Labute approximate surface area is 160 Å². The minimum Gasteiger partial charge on any atom is -0.347 e. The lowest BCUT2D eigenvalue weighted by atomic mass is 9.93. The number of para-hydroxylation sites is 1. The van der Waals surface area contributed by atoms with Gasteiger partial charge < -0.3 is 4.90 Å². The van der Waals surface area contributed by atoms with E-state index in [0.717, 1.165) is 0 Å². The average molecular weight is 350 g/mol. The summed E-state index contributed by atoms with van der Waals surface area (Å²) < 4.78 is 9.21. The first-order valence-corrected chi connectivity index (χ1v) is 10.2. The van der Waals surface area contributed by atoms with Crippen LogP contribution in [0, 0.1) is 26.7 Å². The van der Waals surface area contributed by atoms with Crippen LogP contribution in [0.3, 0.4) is 0 Å². The number of anilines is 1. The first-order valence-electron chi connectivity index (χ1n) is 10.6. The first-order chi connectivity index (χ1) is 13.0. The summed E-state index contributed by atoms with van der Waals surface area (Å²) in [5.41, 5.74) is 6.45. The van der Waals surface area contributed by atoms with Crippen LogP contribution < -0.4 is 10.2 Å². The Morgan fingerprint density at radius 1 is 0.923 bits per heavy atom. The van der Waals surface area contributed by atoms with Crippen molar-refractivity contribution in [1.29, 1.82) is 0 Å². The Hall–Kier alpha value is -1.80. The fourth-order valence-electron chi connectivity index (χ4n) is 5.21. The molecule has 2 aromatic rings. The lowest BCUT2D eigenvalue weighted by molar-refractivity contribution is 0.367. The van der Waals surface area contributed by atoms with E-state index >= 15 is 0 Å². The van der Waals surface area contributed by atoms with Crippen molar-refractivity contribution in [2.45, 2.75) is 71.6 Å². The number of nitrogens with zero attached hydrogens (tertiary/aromatic N) is 1. The van der Waals surface area contributed by atoms with Gasteiger partial charge in [0.05, 0.1) is 0 Å². The maximum Gasteiger partial charge on any atom is 0.125 e. The van der Waals surface area contributed by atoms with Gasteiger partial charge in [0.1, 0.15) is 7.58 Å². The first kappa shape index (κ1) is 16.4. The molecule has 1 heterocycles. The second kappa shape index (κ2) is 7.08. The van der Waals surface area contributed by atoms with Crippen LogP contribution in [0.1, 0.15) is 61.0 Å². The molecule has 2 unspecified atom stereocenters. The predicted molar refractivity (Wildman–Crippen MR) is 111 cm³/mol. The molecule has 0 spiro atoms. The molecule has 138 valence electrons. The quantitative estimate of drug-likeness (QED) is 0.768. The van der Waals surface area contributed by atoms with Gasteiger partial charge in [-0.15, -0.1) is 0 Å². The Morgan fingerprint density at radius 3 is 2.19 bits per heavy atom. The zero-order chi connectivity index (χ0) is 19.1. The van der Waals surface area contributed by atoms with Gasteiger partial charge in [-0.05, 0) is 74.8 Å². The van der Waals surface area contributed by atoms with Crippen molar-refractivity contribution < 1.29 is 1.41 Å². The zero-order valence-electron chi connectivity index (χ0n) is 17.6. The van der Waals surface area contributed by atoms with Crippen LogP contribution in [0.25, 0.3) is 0 Å². The van der Waals surface area contributed by atoms with Gasteiger partial charge in [-0.25, -0.2) is 0 Å². The van der Waals surface area contributed by atoms with Gasteiger partial charge in [-0.2, -0.15) is 0 Å². The van der Waals surface area contributed by atoms with Gasteiger partial charge in [0.2, 0.25) is 0 Å². The lowest BCUT2D eigenvalue weighted by Crippen LogP contribution is -2.38. The van der Waals surface area contributed by atoms with Gasteiger partial charge in [0.15, 0.2) is 0 Å². The Balaban J connectivity index is 1.85. The average Bonchev–Trinajstić information content (AvgIpc) is 3.23. The molecule has 2 aliphatic rings. The van der Waals surface area contributed by atoms with Gasteiger partial charge in [-0.3, -0.25) is 5.31 Å². The number of nitrogens with one attached hydrogen (secondary N) is 1. The molecule has 2 heteroatoms. The highest BCUT2D eigenvalue weighted by Gasteiger charge is 2.44. The summed E-state index contributed by atoms with van der Waals surface area (Å²) in [4.78, 5) is 2.53. The highest BCUT2D eigenvalue weighted by molar-refractivity contribution is 5.58. The molecule has 0 bridgehead atoms.